The van der Waals surface area contributed by atoms with Crippen LogP contribution in [0.2, 0.25) is 0 Å². The highest BCUT2D eigenvalue weighted by molar-refractivity contribution is 7.16. The van der Waals surface area contributed by atoms with Gasteiger partial charge >= 0.3 is 0 Å². The van der Waals surface area contributed by atoms with E-state index in [9.17, 15) is 4.79 Å². The SMILES string of the molecule is Cc1ccc2c(c1)sc(=NC(=O)c1ccc3c(c1)CCCC3)n2C. The van der Waals surface area contributed by atoms with Gasteiger partial charge in [0.2, 0.25) is 0 Å². The molecule has 0 aliphatic heterocycles. The minimum absolute atomic E-state index is 0.151. The number of amides is 1. The van der Waals surface area contributed by atoms with Crippen molar-refractivity contribution in [2.45, 2.75) is 32.6 Å². The lowest BCUT2D eigenvalue weighted by atomic mass is 9.90. The second-order valence-corrected chi connectivity index (χ2v) is 7.53. The highest BCUT2D eigenvalue weighted by Gasteiger charge is 2.13. The second-order valence-electron chi connectivity index (χ2n) is 6.52. The van der Waals surface area contributed by atoms with Crippen molar-refractivity contribution in [2.24, 2.45) is 12.0 Å². The van der Waals surface area contributed by atoms with Gasteiger partial charge in [-0.2, -0.15) is 4.99 Å². The summed E-state index contributed by atoms with van der Waals surface area (Å²) in [4.78, 5) is 17.8. The molecule has 0 atom stereocenters. The van der Waals surface area contributed by atoms with Crippen LogP contribution in [0.3, 0.4) is 0 Å². The summed E-state index contributed by atoms with van der Waals surface area (Å²) in [6.07, 6.45) is 4.67. The second kappa shape index (κ2) is 6.02. The zero-order chi connectivity index (χ0) is 16.7. The molecule has 0 saturated carbocycles. The summed E-state index contributed by atoms with van der Waals surface area (Å²) in [5.74, 6) is -0.151. The summed E-state index contributed by atoms with van der Waals surface area (Å²) in [5, 5.41) is 0. The maximum atomic E-state index is 12.6. The molecule has 1 amide bonds. The van der Waals surface area contributed by atoms with Gasteiger partial charge < -0.3 is 4.57 Å². The molecule has 1 aliphatic carbocycles. The Kier molecular flexibility index (Phi) is 3.85. The zero-order valence-corrected chi connectivity index (χ0v) is 14.8. The Labute approximate surface area is 145 Å². The molecule has 0 unspecified atom stereocenters. The van der Waals surface area contributed by atoms with E-state index in [1.165, 1.54) is 29.5 Å². The van der Waals surface area contributed by atoms with Crippen molar-refractivity contribution in [1.82, 2.24) is 4.57 Å². The first-order chi connectivity index (χ1) is 11.6. The van der Waals surface area contributed by atoms with Gasteiger partial charge in [0.1, 0.15) is 0 Å². The van der Waals surface area contributed by atoms with Crippen LogP contribution in [0.1, 0.15) is 39.9 Å². The number of aryl methyl sites for hydroxylation is 4. The first-order valence-corrected chi connectivity index (χ1v) is 9.20. The molecule has 0 radical (unpaired) electrons. The van der Waals surface area contributed by atoms with Gasteiger partial charge in [0, 0.05) is 12.6 Å². The number of aromatic nitrogens is 1. The molecule has 0 N–H and O–H groups in total. The van der Waals surface area contributed by atoms with Crippen molar-refractivity contribution in [3.63, 3.8) is 0 Å². The van der Waals surface area contributed by atoms with Crippen molar-refractivity contribution >= 4 is 27.5 Å². The molecule has 0 fully saturated rings. The lowest BCUT2D eigenvalue weighted by Crippen LogP contribution is -2.13. The van der Waals surface area contributed by atoms with Crippen molar-refractivity contribution < 1.29 is 4.79 Å². The minimum atomic E-state index is -0.151. The molecule has 3 nitrogen and oxygen atoms in total. The minimum Gasteiger partial charge on any atom is -0.319 e. The lowest BCUT2D eigenvalue weighted by Gasteiger charge is -2.15. The largest absolute Gasteiger partial charge is 0.319 e. The highest BCUT2D eigenvalue weighted by atomic mass is 32.1. The Morgan fingerprint density at radius 3 is 2.71 bits per heavy atom. The first kappa shape index (κ1) is 15.3. The molecule has 0 spiro atoms. The molecule has 0 bridgehead atoms. The lowest BCUT2D eigenvalue weighted by molar-refractivity contribution is 0.0998. The average Bonchev–Trinajstić information content (AvgIpc) is 2.89. The van der Waals surface area contributed by atoms with Gasteiger partial charge in [-0.05, 0) is 73.6 Å². The van der Waals surface area contributed by atoms with Crippen LogP contribution in [0.5, 0.6) is 0 Å². The smallest absolute Gasteiger partial charge is 0.279 e. The van der Waals surface area contributed by atoms with E-state index in [4.69, 9.17) is 0 Å². The van der Waals surface area contributed by atoms with E-state index in [1.807, 2.05) is 23.7 Å². The number of benzene rings is 2. The number of hydrogen-bond acceptors (Lipinski definition) is 2. The molecular weight excluding hydrogens is 316 g/mol. The van der Waals surface area contributed by atoms with Crippen molar-refractivity contribution in [1.29, 1.82) is 0 Å². The Morgan fingerprint density at radius 1 is 1.08 bits per heavy atom. The zero-order valence-electron chi connectivity index (χ0n) is 14.0. The van der Waals surface area contributed by atoms with Crippen LogP contribution < -0.4 is 4.80 Å². The third-order valence-corrected chi connectivity index (χ3v) is 5.85. The Bertz CT molecular complexity index is 1010. The Morgan fingerprint density at radius 2 is 1.88 bits per heavy atom. The number of hydrogen-bond donors (Lipinski definition) is 0. The van der Waals surface area contributed by atoms with Gasteiger partial charge in [-0.3, -0.25) is 4.79 Å². The fourth-order valence-electron chi connectivity index (χ4n) is 3.37. The number of carbonyl (C=O) groups is 1. The maximum absolute atomic E-state index is 12.6. The van der Waals surface area contributed by atoms with E-state index in [2.05, 4.69) is 36.2 Å². The van der Waals surface area contributed by atoms with E-state index in [-0.39, 0.29) is 5.91 Å². The predicted octanol–water partition coefficient (Wildman–Crippen LogP) is 4.17. The molecule has 1 aliphatic rings. The van der Waals surface area contributed by atoms with Crippen LogP contribution in [0, 0.1) is 6.92 Å². The van der Waals surface area contributed by atoms with E-state index in [0.717, 1.165) is 27.9 Å². The van der Waals surface area contributed by atoms with Crippen molar-refractivity contribution in [2.75, 3.05) is 0 Å². The third-order valence-electron chi connectivity index (χ3n) is 4.76. The Hall–Kier alpha value is -2.20. The molecule has 4 heteroatoms. The fourth-order valence-corrected chi connectivity index (χ4v) is 4.48. The molecule has 4 rings (SSSR count). The van der Waals surface area contributed by atoms with Gasteiger partial charge in [-0.15, -0.1) is 0 Å². The summed E-state index contributed by atoms with van der Waals surface area (Å²) in [7, 11) is 1.97. The molecule has 1 aromatic heterocycles. The maximum Gasteiger partial charge on any atom is 0.279 e. The highest BCUT2D eigenvalue weighted by Crippen LogP contribution is 2.23. The summed E-state index contributed by atoms with van der Waals surface area (Å²) >= 11 is 1.57. The normalized spacial score (nSPS) is 14.8. The molecule has 2 aromatic carbocycles. The number of nitrogens with zero attached hydrogens (tertiary/aromatic N) is 2. The van der Waals surface area contributed by atoms with E-state index >= 15 is 0 Å². The predicted molar refractivity (Wildman–Crippen MR) is 98.5 cm³/mol. The molecule has 24 heavy (non-hydrogen) atoms. The summed E-state index contributed by atoms with van der Waals surface area (Å²) < 4.78 is 3.16. The molecular formula is C20H20N2OS. The molecule has 1 heterocycles. The van der Waals surface area contributed by atoms with Gasteiger partial charge in [-0.25, -0.2) is 0 Å². The van der Waals surface area contributed by atoms with Gasteiger partial charge in [-0.1, -0.05) is 23.5 Å². The first-order valence-electron chi connectivity index (χ1n) is 8.39. The van der Waals surface area contributed by atoms with Crippen LogP contribution >= 0.6 is 11.3 Å². The quantitative estimate of drug-likeness (QED) is 0.657. The van der Waals surface area contributed by atoms with E-state index < -0.39 is 0 Å². The van der Waals surface area contributed by atoms with E-state index in [1.54, 1.807) is 11.3 Å². The van der Waals surface area contributed by atoms with Gasteiger partial charge in [0.25, 0.3) is 5.91 Å². The van der Waals surface area contributed by atoms with Crippen molar-refractivity contribution in [3.05, 3.63) is 63.5 Å². The van der Waals surface area contributed by atoms with Gasteiger partial charge in [0.05, 0.1) is 10.2 Å². The van der Waals surface area contributed by atoms with Crippen molar-refractivity contribution in [3.8, 4) is 0 Å². The monoisotopic (exact) mass is 336 g/mol. The topological polar surface area (TPSA) is 34.4 Å². The number of thiazole rings is 1. The van der Waals surface area contributed by atoms with Crippen LogP contribution in [0.25, 0.3) is 10.2 Å². The Balaban J connectivity index is 1.75. The van der Waals surface area contributed by atoms with Gasteiger partial charge in [0.15, 0.2) is 4.80 Å². The summed E-state index contributed by atoms with van der Waals surface area (Å²) in [6.45, 7) is 2.08. The number of rotatable bonds is 1. The van der Waals surface area contributed by atoms with Crippen LogP contribution in [0.15, 0.2) is 41.4 Å². The summed E-state index contributed by atoms with van der Waals surface area (Å²) in [6, 6.07) is 12.4. The summed E-state index contributed by atoms with van der Waals surface area (Å²) in [5.41, 5.74) is 5.74. The van der Waals surface area contributed by atoms with E-state index in [0.29, 0.717) is 5.56 Å². The van der Waals surface area contributed by atoms with Crippen LogP contribution in [0.4, 0.5) is 0 Å². The fraction of sp³-hybridized carbons (Fsp3) is 0.300. The number of fused-ring (bicyclic) bond motifs is 2. The number of carbonyl (C=O) groups excluding carboxylic acids is 1. The third kappa shape index (κ3) is 2.71. The molecule has 122 valence electrons. The standard InChI is InChI=1S/C20H20N2OS/c1-13-7-10-17-18(11-13)24-20(22(17)2)21-19(23)16-9-8-14-5-3-4-6-15(14)12-16/h7-12H,3-6H2,1-2H3. The van der Waals surface area contributed by atoms with Crippen LogP contribution in [-0.4, -0.2) is 10.5 Å². The molecule has 0 saturated heterocycles. The average molecular weight is 336 g/mol. The molecule has 3 aromatic rings. The van der Waals surface area contributed by atoms with Crippen LogP contribution in [-0.2, 0) is 19.9 Å².